The van der Waals surface area contributed by atoms with Crippen molar-refractivity contribution in [2.24, 2.45) is 0 Å². The highest BCUT2D eigenvalue weighted by atomic mass is 32.2. The van der Waals surface area contributed by atoms with Crippen LogP contribution in [0.1, 0.15) is 24.0 Å². The van der Waals surface area contributed by atoms with Crippen molar-refractivity contribution >= 4 is 17.6 Å². The third-order valence-corrected chi connectivity index (χ3v) is 5.21. The maximum atomic E-state index is 15.1. The third-order valence-electron chi connectivity index (χ3n) is 4.64. The number of aromatic nitrogens is 2. The van der Waals surface area contributed by atoms with Gasteiger partial charge in [0.1, 0.15) is 11.5 Å². The maximum Gasteiger partial charge on any atom is 0.189 e. The number of halogens is 1. The monoisotopic (exact) mass is 371 g/mol. The van der Waals surface area contributed by atoms with Crippen molar-refractivity contribution in [3.05, 3.63) is 47.7 Å². The Bertz CT molecular complexity index is 766. The summed E-state index contributed by atoms with van der Waals surface area (Å²) in [5, 5.41) is 12.7. The van der Waals surface area contributed by atoms with Gasteiger partial charge in [-0.1, -0.05) is 23.9 Å². The summed E-state index contributed by atoms with van der Waals surface area (Å²) < 4.78 is 15.1. The summed E-state index contributed by atoms with van der Waals surface area (Å²) in [5.41, 5.74) is 0.598. The molecule has 136 valence electrons. The topological polar surface area (TPSA) is 64.8 Å². The highest BCUT2D eigenvalue weighted by molar-refractivity contribution is 7.98. The summed E-state index contributed by atoms with van der Waals surface area (Å²) in [4.78, 5) is 10.7. The number of likely N-dealkylation sites (tertiary alicyclic amines) is 1. The zero-order chi connectivity index (χ0) is 18.4. The third kappa shape index (κ3) is 4.93. The number of rotatable bonds is 6. The normalized spacial score (nSPS) is 16.8. The van der Waals surface area contributed by atoms with Crippen LogP contribution in [-0.2, 0) is 6.54 Å². The van der Waals surface area contributed by atoms with Gasteiger partial charge in [0.15, 0.2) is 5.16 Å². The molecule has 0 amide bonds. The van der Waals surface area contributed by atoms with Crippen molar-refractivity contribution in [1.29, 1.82) is 5.26 Å². The molecule has 1 N–H and O–H groups in total. The Morgan fingerprint density at radius 2 is 2.00 bits per heavy atom. The first-order chi connectivity index (χ1) is 12.6. The SMILES string of the molecule is CSc1nccc(NCC2(F)CCN(Cc3ccc(C#N)cc3)CC2)n1. The van der Waals surface area contributed by atoms with Gasteiger partial charge in [0.2, 0.25) is 0 Å². The van der Waals surface area contributed by atoms with E-state index in [4.69, 9.17) is 5.26 Å². The molecule has 0 saturated carbocycles. The summed E-state index contributed by atoms with van der Waals surface area (Å²) in [5.74, 6) is 0.668. The summed E-state index contributed by atoms with van der Waals surface area (Å²) in [6.07, 6.45) is 4.60. The van der Waals surface area contributed by atoms with Crippen LogP contribution in [-0.4, -0.2) is 46.4 Å². The fraction of sp³-hybridized carbons (Fsp3) is 0.421. The van der Waals surface area contributed by atoms with Gasteiger partial charge in [-0.3, -0.25) is 4.90 Å². The number of hydrogen-bond donors (Lipinski definition) is 1. The van der Waals surface area contributed by atoms with Gasteiger partial charge in [0.05, 0.1) is 18.2 Å². The average molecular weight is 371 g/mol. The van der Waals surface area contributed by atoms with Crippen LogP contribution in [0, 0.1) is 11.3 Å². The zero-order valence-electron chi connectivity index (χ0n) is 14.8. The van der Waals surface area contributed by atoms with Gasteiger partial charge in [-0.25, -0.2) is 14.4 Å². The second kappa shape index (κ2) is 8.47. The van der Waals surface area contributed by atoms with E-state index in [-0.39, 0.29) is 6.54 Å². The standard InChI is InChI=1S/C19H22FN5S/c1-26-18-22-9-6-17(24-18)23-14-19(20)7-10-25(11-8-19)13-16-4-2-15(12-21)3-5-16/h2-6,9H,7-8,10-11,13-14H2,1H3,(H,22,23,24). The minimum atomic E-state index is -1.22. The van der Waals surface area contributed by atoms with Gasteiger partial charge in [0, 0.05) is 25.8 Å². The minimum Gasteiger partial charge on any atom is -0.367 e. The first-order valence-corrected chi connectivity index (χ1v) is 9.84. The number of piperidine rings is 1. The molecule has 0 bridgehead atoms. The molecule has 1 aromatic heterocycles. The molecule has 0 unspecified atom stereocenters. The quantitative estimate of drug-likeness (QED) is 0.619. The van der Waals surface area contributed by atoms with Crippen LogP contribution in [0.5, 0.6) is 0 Å². The Labute approximate surface area is 157 Å². The highest BCUT2D eigenvalue weighted by Gasteiger charge is 2.34. The molecule has 5 nitrogen and oxygen atoms in total. The van der Waals surface area contributed by atoms with Gasteiger partial charge in [0.25, 0.3) is 0 Å². The lowest BCUT2D eigenvalue weighted by Crippen LogP contribution is -2.45. The second-order valence-electron chi connectivity index (χ2n) is 6.52. The van der Waals surface area contributed by atoms with Crippen LogP contribution in [0.15, 0.2) is 41.7 Å². The molecule has 0 spiro atoms. The Hall–Kier alpha value is -2.17. The average Bonchev–Trinajstić information content (AvgIpc) is 2.69. The van der Waals surface area contributed by atoms with E-state index in [1.165, 1.54) is 11.8 Å². The van der Waals surface area contributed by atoms with Crippen molar-refractivity contribution < 1.29 is 4.39 Å². The minimum absolute atomic E-state index is 0.266. The van der Waals surface area contributed by atoms with E-state index in [9.17, 15) is 0 Å². The van der Waals surface area contributed by atoms with Crippen LogP contribution < -0.4 is 5.32 Å². The van der Waals surface area contributed by atoms with E-state index in [0.717, 1.165) is 25.2 Å². The van der Waals surface area contributed by atoms with Crippen molar-refractivity contribution in [3.63, 3.8) is 0 Å². The molecule has 0 atom stereocenters. The van der Waals surface area contributed by atoms with E-state index >= 15 is 4.39 Å². The second-order valence-corrected chi connectivity index (χ2v) is 7.29. The number of thioether (sulfide) groups is 1. The summed E-state index contributed by atoms with van der Waals surface area (Å²) in [6, 6.07) is 11.5. The van der Waals surface area contributed by atoms with E-state index in [2.05, 4.69) is 26.3 Å². The van der Waals surface area contributed by atoms with Crippen molar-refractivity contribution in [3.8, 4) is 6.07 Å². The Morgan fingerprint density at radius 3 is 2.65 bits per heavy atom. The lowest BCUT2D eigenvalue weighted by atomic mass is 9.93. The summed E-state index contributed by atoms with van der Waals surface area (Å²) in [7, 11) is 0. The van der Waals surface area contributed by atoms with E-state index < -0.39 is 5.67 Å². The van der Waals surface area contributed by atoms with Gasteiger partial charge in [-0.05, 0) is 42.9 Å². The highest BCUT2D eigenvalue weighted by Crippen LogP contribution is 2.28. The molecule has 0 aliphatic carbocycles. The molecule has 0 radical (unpaired) electrons. The van der Waals surface area contributed by atoms with Gasteiger partial charge in [-0.2, -0.15) is 5.26 Å². The molecule has 7 heteroatoms. The molecule has 3 rings (SSSR count). The van der Waals surface area contributed by atoms with Gasteiger partial charge >= 0.3 is 0 Å². The van der Waals surface area contributed by atoms with Crippen molar-refractivity contribution in [2.75, 3.05) is 31.2 Å². The van der Waals surface area contributed by atoms with Crippen LogP contribution in [0.25, 0.3) is 0 Å². The number of hydrogen-bond acceptors (Lipinski definition) is 6. The van der Waals surface area contributed by atoms with Crippen LogP contribution in [0.2, 0.25) is 0 Å². The van der Waals surface area contributed by atoms with Crippen molar-refractivity contribution in [1.82, 2.24) is 14.9 Å². The number of nitriles is 1. The summed E-state index contributed by atoms with van der Waals surface area (Å²) in [6.45, 7) is 2.50. The first kappa shape index (κ1) is 18.6. The fourth-order valence-corrected chi connectivity index (χ4v) is 3.37. The predicted molar refractivity (Wildman–Crippen MR) is 102 cm³/mol. The molecule has 2 heterocycles. The number of alkyl halides is 1. The lowest BCUT2D eigenvalue weighted by Gasteiger charge is -2.36. The van der Waals surface area contributed by atoms with Crippen molar-refractivity contribution in [2.45, 2.75) is 30.2 Å². The van der Waals surface area contributed by atoms with Crippen LogP contribution in [0.4, 0.5) is 10.2 Å². The van der Waals surface area contributed by atoms with E-state index in [0.29, 0.717) is 29.4 Å². The summed E-state index contributed by atoms with van der Waals surface area (Å²) >= 11 is 1.47. The number of anilines is 1. The molecular formula is C19H22FN5S. The molecular weight excluding hydrogens is 349 g/mol. The lowest BCUT2D eigenvalue weighted by molar-refractivity contribution is 0.0654. The van der Waals surface area contributed by atoms with Crippen LogP contribution in [0.3, 0.4) is 0 Å². The van der Waals surface area contributed by atoms with Gasteiger partial charge in [-0.15, -0.1) is 0 Å². The smallest absolute Gasteiger partial charge is 0.189 e. The molecule has 1 aliphatic heterocycles. The van der Waals surface area contributed by atoms with Crippen LogP contribution >= 0.6 is 11.8 Å². The molecule has 1 saturated heterocycles. The Balaban J connectivity index is 1.49. The zero-order valence-corrected chi connectivity index (χ0v) is 15.6. The molecule has 26 heavy (non-hydrogen) atoms. The Kier molecular flexibility index (Phi) is 6.07. The predicted octanol–water partition coefficient (Wildman–Crippen LogP) is 3.49. The largest absolute Gasteiger partial charge is 0.367 e. The Morgan fingerprint density at radius 1 is 1.27 bits per heavy atom. The van der Waals surface area contributed by atoms with E-state index in [1.54, 1.807) is 12.3 Å². The number of nitrogens with zero attached hydrogens (tertiary/aromatic N) is 4. The van der Waals surface area contributed by atoms with E-state index in [1.807, 2.05) is 30.5 Å². The van der Waals surface area contributed by atoms with Gasteiger partial charge < -0.3 is 5.32 Å². The number of nitrogens with one attached hydrogen (secondary N) is 1. The molecule has 1 aromatic carbocycles. The molecule has 1 aliphatic rings. The molecule has 1 fully saturated rings. The first-order valence-electron chi connectivity index (χ1n) is 8.61. The number of benzene rings is 1. The maximum absolute atomic E-state index is 15.1. The molecule has 2 aromatic rings. The fourth-order valence-electron chi connectivity index (χ4n) is 3.02.